The summed E-state index contributed by atoms with van der Waals surface area (Å²) >= 11 is 5.99. The first-order chi connectivity index (χ1) is 16.0. The van der Waals surface area contributed by atoms with E-state index in [1.807, 2.05) is 36.4 Å². The molecule has 1 aliphatic rings. The number of fused-ring (bicyclic) bond motifs is 1. The predicted molar refractivity (Wildman–Crippen MR) is 127 cm³/mol. The Balaban J connectivity index is 1.55. The molecule has 1 aliphatic heterocycles. The fourth-order valence-electron chi connectivity index (χ4n) is 3.69. The number of carbonyl (C=O) groups is 2. The summed E-state index contributed by atoms with van der Waals surface area (Å²) in [5.74, 6) is -0.276. The van der Waals surface area contributed by atoms with E-state index in [1.54, 1.807) is 41.3 Å². The maximum absolute atomic E-state index is 13.3. The van der Waals surface area contributed by atoms with Crippen LogP contribution in [0.15, 0.2) is 72.8 Å². The van der Waals surface area contributed by atoms with Crippen molar-refractivity contribution >= 4 is 34.9 Å². The van der Waals surface area contributed by atoms with Crippen molar-refractivity contribution in [3.63, 3.8) is 0 Å². The molecule has 0 atom stereocenters. The summed E-state index contributed by atoms with van der Waals surface area (Å²) in [6, 6.07) is 21.7. The Morgan fingerprint density at radius 2 is 1.79 bits per heavy atom. The standard InChI is InChI=1S/C25H23ClN2O5/c26-19-11-9-18(10-12-19)25(31)28(20-5-2-1-3-6-20)14-13-27-15-16-32-24-21(27)7-4-8-22(24)33-17-23(29)30/h1-12H,13-17H2,(H,29,30). The average molecular weight is 467 g/mol. The number of ether oxygens (including phenoxy) is 2. The quantitative estimate of drug-likeness (QED) is 0.531. The summed E-state index contributed by atoms with van der Waals surface area (Å²) in [6.45, 7) is 1.60. The van der Waals surface area contributed by atoms with E-state index < -0.39 is 12.6 Å². The Hall–Kier alpha value is -3.71. The molecule has 8 heteroatoms. The number of carboxylic acids is 1. The Morgan fingerprint density at radius 3 is 2.52 bits per heavy atom. The molecule has 0 fully saturated rings. The Labute approximate surface area is 196 Å². The molecule has 3 aromatic rings. The van der Waals surface area contributed by atoms with Gasteiger partial charge in [0.15, 0.2) is 18.1 Å². The highest BCUT2D eigenvalue weighted by molar-refractivity contribution is 6.30. The third-order valence-corrected chi connectivity index (χ3v) is 5.51. The summed E-state index contributed by atoms with van der Waals surface area (Å²) in [7, 11) is 0. The number of hydrogen-bond donors (Lipinski definition) is 1. The molecule has 1 N–H and O–H groups in total. The highest BCUT2D eigenvalue weighted by Gasteiger charge is 2.24. The molecule has 1 amide bonds. The molecule has 0 saturated heterocycles. The largest absolute Gasteiger partial charge is 0.486 e. The number of anilines is 2. The van der Waals surface area contributed by atoms with E-state index in [-0.39, 0.29) is 5.91 Å². The van der Waals surface area contributed by atoms with Crippen LogP contribution in [0.25, 0.3) is 0 Å². The SMILES string of the molecule is O=C(O)COc1cccc2c1OCCN2CCN(C(=O)c1ccc(Cl)cc1)c1ccccc1. The van der Waals surface area contributed by atoms with Crippen molar-refractivity contribution < 1.29 is 24.2 Å². The lowest BCUT2D eigenvalue weighted by Gasteiger charge is -2.34. The van der Waals surface area contributed by atoms with Crippen LogP contribution in [0.5, 0.6) is 11.5 Å². The predicted octanol–water partition coefficient (Wildman–Crippen LogP) is 4.35. The van der Waals surface area contributed by atoms with Crippen LogP contribution in [0.3, 0.4) is 0 Å². The lowest BCUT2D eigenvalue weighted by atomic mass is 10.1. The molecular formula is C25H23ClN2O5. The average Bonchev–Trinajstić information content (AvgIpc) is 2.84. The molecule has 1 heterocycles. The van der Waals surface area contributed by atoms with Gasteiger partial charge in [-0.25, -0.2) is 4.79 Å². The highest BCUT2D eigenvalue weighted by Crippen LogP contribution is 2.39. The maximum Gasteiger partial charge on any atom is 0.341 e. The molecule has 3 aromatic carbocycles. The Kier molecular flexibility index (Phi) is 7.00. The number of nitrogens with zero attached hydrogens (tertiary/aromatic N) is 2. The Bertz CT molecular complexity index is 1120. The van der Waals surface area contributed by atoms with Gasteiger partial charge < -0.3 is 24.4 Å². The number of amides is 1. The molecule has 33 heavy (non-hydrogen) atoms. The lowest BCUT2D eigenvalue weighted by molar-refractivity contribution is -0.139. The first-order valence-electron chi connectivity index (χ1n) is 10.5. The molecule has 0 aliphatic carbocycles. The van der Waals surface area contributed by atoms with Crippen molar-refractivity contribution in [1.29, 1.82) is 0 Å². The number of halogens is 1. The van der Waals surface area contributed by atoms with Crippen LogP contribution >= 0.6 is 11.6 Å². The smallest absolute Gasteiger partial charge is 0.341 e. The molecule has 0 radical (unpaired) electrons. The summed E-state index contributed by atoms with van der Waals surface area (Å²) < 4.78 is 11.2. The minimum atomic E-state index is -1.06. The minimum Gasteiger partial charge on any atom is -0.486 e. The zero-order valence-electron chi connectivity index (χ0n) is 17.8. The van der Waals surface area contributed by atoms with Crippen molar-refractivity contribution in [2.24, 2.45) is 0 Å². The van der Waals surface area contributed by atoms with Gasteiger partial charge in [0.2, 0.25) is 0 Å². The van der Waals surface area contributed by atoms with Crippen molar-refractivity contribution in [3.05, 3.63) is 83.4 Å². The maximum atomic E-state index is 13.3. The van der Waals surface area contributed by atoms with Crippen molar-refractivity contribution in [2.45, 2.75) is 0 Å². The van der Waals surface area contributed by atoms with Crippen LogP contribution in [-0.4, -0.2) is 49.8 Å². The number of benzene rings is 3. The van der Waals surface area contributed by atoms with Crippen molar-refractivity contribution in [1.82, 2.24) is 0 Å². The minimum absolute atomic E-state index is 0.120. The molecule has 0 saturated carbocycles. The number of carbonyl (C=O) groups excluding carboxylic acids is 1. The fourth-order valence-corrected chi connectivity index (χ4v) is 3.81. The van der Waals surface area contributed by atoms with Gasteiger partial charge in [0.05, 0.1) is 12.2 Å². The summed E-state index contributed by atoms with van der Waals surface area (Å²) in [5, 5.41) is 9.50. The molecule has 170 valence electrons. The molecule has 0 spiro atoms. The molecule has 4 rings (SSSR count). The summed E-state index contributed by atoms with van der Waals surface area (Å²) in [5.41, 5.74) is 2.15. The first kappa shape index (κ1) is 22.5. The number of carboxylic acid groups (broad SMARTS) is 1. The lowest BCUT2D eigenvalue weighted by Crippen LogP contribution is -2.41. The monoisotopic (exact) mass is 466 g/mol. The van der Waals surface area contributed by atoms with Gasteiger partial charge in [-0.2, -0.15) is 0 Å². The van der Waals surface area contributed by atoms with Gasteiger partial charge in [-0.05, 0) is 48.5 Å². The summed E-state index contributed by atoms with van der Waals surface area (Å²) in [4.78, 5) is 28.1. The summed E-state index contributed by atoms with van der Waals surface area (Å²) in [6.07, 6.45) is 0. The number of para-hydroxylation sites is 2. The number of rotatable bonds is 8. The molecule has 0 unspecified atom stereocenters. The highest BCUT2D eigenvalue weighted by atomic mass is 35.5. The molecular weight excluding hydrogens is 444 g/mol. The zero-order valence-corrected chi connectivity index (χ0v) is 18.6. The third kappa shape index (κ3) is 5.38. The normalized spacial score (nSPS) is 12.5. The van der Waals surface area contributed by atoms with Gasteiger partial charge in [-0.15, -0.1) is 0 Å². The number of aliphatic carboxylic acids is 1. The number of hydrogen-bond acceptors (Lipinski definition) is 5. The van der Waals surface area contributed by atoms with E-state index in [9.17, 15) is 9.59 Å². The second-order valence-electron chi connectivity index (χ2n) is 7.42. The van der Waals surface area contributed by atoms with Crippen LogP contribution < -0.4 is 19.3 Å². The van der Waals surface area contributed by atoms with E-state index in [0.29, 0.717) is 48.3 Å². The van der Waals surface area contributed by atoms with E-state index >= 15 is 0 Å². The van der Waals surface area contributed by atoms with Crippen LogP contribution in [0.1, 0.15) is 10.4 Å². The van der Waals surface area contributed by atoms with Crippen LogP contribution in [0.4, 0.5) is 11.4 Å². The van der Waals surface area contributed by atoms with E-state index in [2.05, 4.69) is 4.90 Å². The van der Waals surface area contributed by atoms with Gasteiger partial charge in [0.25, 0.3) is 5.91 Å². The second kappa shape index (κ2) is 10.3. The van der Waals surface area contributed by atoms with Crippen molar-refractivity contribution in [3.8, 4) is 11.5 Å². The fraction of sp³-hybridized carbons (Fsp3) is 0.200. The molecule has 0 aromatic heterocycles. The van der Waals surface area contributed by atoms with Gasteiger partial charge in [0.1, 0.15) is 6.61 Å². The van der Waals surface area contributed by atoms with Gasteiger partial charge in [-0.3, -0.25) is 4.79 Å². The Morgan fingerprint density at radius 1 is 1.03 bits per heavy atom. The van der Waals surface area contributed by atoms with Crippen LogP contribution in [0, 0.1) is 0 Å². The van der Waals surface area contributed by atoms with E-state index in [1.165, 1.54) is 0 Å². The van der Waals surface area contributed by atoms with Gasteiger partial charge in [-0.1, -0.05) is 35.9 Å². The third-order valence-electron chi connectivity index (χ3n) is 5.26. The van der Waals surface area contributed by atoms with E-state index in [0.717, 1.165) is 11.4 Å². The van der Waals surface area contributed by atoms with Crippen molar-refractivity contribution in [2.75, 3.05) is 42.6 Å². The molecule has 7 nitrogen and oxygen atoms in total. The zero-order chi connectivity index (χ0) is 23.2. The van der Waals surface area contributed by atoms with Gasteiger partial charge >= 0.3 is 5.97 Å². The van der Waals surface area contributed by atoms with E-state index in [4.69, 9.17) is 26.2 Å². The van der Waals surface area contributed by atoms with Crippen LogP contribution in [0.2, 0.25) is 5.02 Å². The first-order valence-corrected chi connectivity index (χ1v) is 10.9. The van der Waals surface area contributed by atoms with Gasteiger partial charge in [0, 0.05) is 29.4 Å². The molecule has 0 bridgehead atoms. The topological polar surface area (TPSA) is 79.3 Å². The van der Waals surface area contributed by atoms with Crippen LogP contribution in [-0.2, 0) is 4.79 Å². The second-order valence-corrected chi connectivity index (χ2v) is 7.86.